The SMILES string of the molecule is CCCNC(=O)[C@@H]1CO[C@@]2(CCC[C@H](C)C2)N1C(=O)c1cccc(C(F)(F)F)c1. The molecule has 0 radical (unpaired) electrons. The molecule has 1 aromatic rings. The van der Waals surface area contributed by atoms with Crippen LogP contribution < -0.4 is 5.32 Å². The van der Waals surface area contributed by atoms with Gasteiger partial charge in [-0.2, -0.15) is 13.2 Å². The highest BCUT2D eigenvalue weighted by Crippen LogP contribution is 2.43. The number of nitrogens with one attached hydrogen (secondary N) is 1. The molecule has 160 valence electrons. The largest absolute Gasteiger partial charge is 0.416 e. The minimum atomic E-state index is -4.55. The zero-order valence-corrected chi connectivity index (χ0v) is 16.7. The number of rotatable bonds is 4. The van der Waals surface area contributed by atoms with E-state index in [1.165, 1.54) is 17.0 Å². The van der Waals surface area contributed by atoms with Gasteiger partial charge in [-0.3, -0.25) is 14.5 Å². The molecule has 1 spiro atoms. The van der Waals surface area contributed by atoms with Gasteiger partial charge in [0, 0.05) is 12.1 Å². The van der Waals surface area contributed by atoms with Gasteiger partial charge in [0.05, 0.1) is 12.2 Å². The van der Waals surface area contributed by atoms with Gasteiger partial charge < -0.3 is 10.1 Å². The van der Waals surface area contributed by atoms with Crippen LogP contribution >= 0.6 is 0 Å². The van der Waals surface area contributed by atoms with E-state index in [9.17, 15) is 22.8 Å². The molecule has 1 aliphatic heterocycles. The molecule has 2 amide bonds. The topological polar surface area (TPSA) is 58.6 Å². The second kappa shape index (κ2) is 8.34. The molecular weight excluding hydrogens is 385 g/mol. The molecule has 0 bridgehead atoms. The minimum absolute atomic E-state index is 0.0486. The quantitative estimate of drug-likeness (QED) is 0.814. The van der Waals surface area contributed by atoms with E-state index in [1.807, 2.05) is 6.92 Å². The van der Waals surface area contributed by atoms with Crippen molar-refractivity contribution in [1.82, 2.24) is 10.2 Å². The Balaban J connectivity index is 1.97. The molecule has 29 heavy (non-hydrogen) atoms. The first kappa shape index (κ1) is 21.6. The molecular formula is C21H27F3N2O3. The van der Waals surface area contributed by atoms with Crippen LogP contribution in [0.4, 0.5) is 13.2 Å². The first-order valence-electron chi connectivity index (χ1n) is 10.1. The molecule has 8 heteroatoms. The summed E-state index contributed by atoms with van der Waals surface area (Å²) in [6, 6.07) is 3.50. The lowest BCUT2D eigenvalue weighted by molar-refractivity contribution is -0.137. The third-order valence-corrected chi connectivity index (χ3v) is 5.70. The van der Waals surface area contributed by atoms with Gasteiger partial charge in [0.2, 0.25) is 5.91 Å². The molecule has 1 N–H and O–H groups in total. The van der Waals surface area contributed by atoms with Crippen LogP contribution in [0.25, 0.3) is 0 Å². The summed E-state index contributed by atoms with van der Waals surface area (Å²) >= 11 is 0. The van der Waals surface area contributed by atoms with E-state index in [1.54, 1.807) is 0 Å². The van der Waals surface area contributed by atoms with E-state index in [4.69, 9.17) is 4.74 Å². The molecule has 1 heterocycles. The molecule has 0 unspecified atom stereocenters. The first-order valence-corrected chi connectivity index (χ1v) is 10.1. The van der Waals surface area contributed by atoms with Crippen molar-refractivity contribution in [3.05, 3.63) is 35.4 Å². The second-order valence-electron chi connectivity index (χ2n) is 8.02. The number of halogens is 3. The van der Waals surface area contributed by atoms with Crippen LogP contribution in [0.2, 0.25) is 0 Å². The maximum Gasteiger partial charge on any atom is 0.416 e. The van der Waals surface area contributed by atoms with Gasteiger partial charge in [-0.05, 0) is 49.8 Å². The summed E-state index contributed by atoms with van der Waals surface area (Å²) in [5.41, 5.74) is -1.92. The summed E-state index contributed by atoms with van der Waals surface area (Å²) in [5.74, 6) is -0.639. The number of alkyl halides is 3. The minimum Gasteiger partial charge on any atom is -0.354 e. The van der Waals surface area contributed by atoms with Crippen LogP contribution in [-0.2, 0) is 15.7 Å². The van der Waals surface area contributed by atoms with Crippen molar-refractivity contribution in [2.45, 2.75) is 63.9 Å². The summed E-state index contributed by atoms with van der Waals surface area (Å²) in [6.45, 7) is 4.49. The lowest BCUT2D eigenvalue weighted by Gasteiger charge is -2.43. The monoisotopic (exact) mass is 412 g/mol. The Morgan fingerprint density at radius 2 is 2.10 bits per heavy atom. The standard InChI is InChI=1S/C21H27F3N2O3/c1-3-10-25-18(27)17-13-29-20(9-5-6-14(2)12-20)26(17)19(28)15-7-4-8-16(11-15)21(22,23)24/h4,7-8,11,14,17H,3,5-6,9-10,12-13H2,1-2H3,(H,25,27)/t14-,17-,20+/m0/s1. The smallest absolute Gasteiger partial charge is 0.354 e. The summed E-state index contributed by atoms with van der Waals surface area (Å²) in [6.07, 6.45) is -0.856. The molecule has 1 saturated carbocycles. The van der Waals surface area contributed by atoms with Crippen LogP contribution in [0.5, 0.6) is 0 Å². The molecule has 1 aromatic carbocycles. The number of nitrogens with zero attached hydrogens (tertiary/aromatic N) is 1. The number of carbonyl (C=O) groups is 2. The first-order chi connectivity index (χ1) is 13.7. The van der Waals surface area contributed by atoms with Crippen molar-refractivity contribution in [3.63, 3.8) is 0 Å². The molecule has 2 fully saturated rings. The maximum absolute atomic E-state index is 13.4. The molecule has 3 rings (SSSR count). The highest BCUT2D eigenvalue weighted by atomic mass is 19.4. The average Bonchev–Trinajstić information content (AvgIpc) is 3.03. The number of hydrogen-bond donors (Lipinski definition) is 1. The van der Waals surface area contributed by atoms with Crippen molar-refractivity contribution >= 4 is 11.8 Å². The van der Waals surface area contributed by atoms with Crippen LogP contribution in [0, 0.1) is 5.92 Å². The fourth-order valence-corrected chi connectivity index (χ4v) is 4.34. The van der Waals surface area contributed by atoms with Crippen molar-refractivity contribution in [2.75, 3.05) is 13.2 Å². The van der Waals surface area contributed by atoms with Crippen molar-refractivity contribution < 1.29 is 27.5 Å². The van der Waals surface area contributed by atoms with Crippen molar-refractivity contribution in [3.8, 4) is 0 Å². The van der Waals surface area contributed by atoms with Gasteiger partial charge in [-0.25, -0.2) is 0 Å². The van der Waals surface area contributed by atoms with E-state index in [-0.39, 0.29) is 24.0 Å². The van der Waals surface area contributed by atoms with E-state index in [0.717, 1.165) is 31.4 Å². The van der Waals surface area contributed by atoms with Gasteiger partial charge in [0.1, 0.15) is 11.8 Å². The summed E-state index contributed by atoms with van der Waals surface area (Å²) in [5, 5.41) is 2.79. The molecule has 5 nitrogen and oxygen atoms in total. The zero-order chi connectivity index (χ0) is 21.2. The van der Waals surface area contributed by atoms with E-state index >= 15 is 0 Å². The number of amides is 2. The Morgan fingerprint density at radius 1 is 1.34 bits per heavy atom. The lowest BCUT2D eigenvalue weighted by atomic mass is 9.83. The van der Waals surface area contributed by atoms with Gasteiger partial charge in [0.15, 0.2) is 0 Å². The fraction of sp³-hybridized carbons (Fsp3) is 0.619. The predicted octanol–water partition coefficient (Wildman–Crippen LogP) is 3.98. The number of hydrogen-bond acceptors (Lipinski definition) is 3. The molecule has 1 aliphatic carbocycles. The highest BCUT2D eigenvalue weighted by molar-refractivity contribution is 5.98. The molecule has 0 aromatic heterocycles. The van der Waals surface area contributed by atoms with Gasteiger partial charge >= 0.3 is 6.18 Å². The van der Waals surface area contributed by atoms with Gasteiger partial charge in [-0.1, -0.05) is 26.3 Å². The van der Waals surface area contributed by atoms with Crippen LogP contribution in [0.1, 0.15) is 61.9 Å². The van der Waals surface area contributed by atoms with Crippen LogP contribution in [0.3, 0.4) is 0 Å². The van der Waals surface area contributed by atoms with E-state index < -0.39 is 29.4 Å². The maximum atomic E-state index is 13.4. The number of ether oxygens (including phenoxy) is 1. The Labute approximate surface area is 168 Å². The Kier molecular flexibility index (Phi) is 6.22. The summed E-state index contributed by atoms with van der Waals surface area (Å²) < 4.78 is 45.5. The van der Waals surface area contributed by atoms with Crippen LogP contribution in [-0.4, -0.2) is 41.6 Å². The Bertz CT molecular complexity index is 768. The van der Waals surface area contributed by atoms with Crippen LogP contribution in [0.15, 0.2) is 24.3 Å². The average molecular weight is 412 g/mol. The third kappa shape index (κ3) is 4.42. The molecule has 2 aliphatic rings. The fourth-order valence-electron chi connectivity index (χ4n) is 4.34. The lowest BCUT2D eigenvalue weighted by Crippen LogP contribution is -2.57. The van der Waals surface area contributed by atoms with E-state index in [2.05, 4.69) is 12.2 Å². The highest BCUT2D eigenvalue weighted by Gasteiger charge is 2.54. The van der Waals surface area contributed by atoms with E-state index in [0.29, 0.717) is 19.4 Å². The normalized spacial score (nSPS) is 27.3. The molecule has 3 atom stereocenters. The zero-order valence-electron chi connectivity index (χ0n) is 16.7. The van der Waals surface area contributed by atoms with Crippen molar-refractivity contribution in [2.24, 2.45) is 5.92 Å². The predicted molar refractivity (Wildman–Crippen MR) is 101 cm³/mol. The summed E-state index contributed by atoms with van der Waals surface area (Å²) in [4.78, 5) is 27.5. The summed E-state index contributed by atoms with van der Waals surface area (Å²) in [7, 11) is 0. The van der Waals surface area contributed by atoms with Gasteiger partial charge in [0.25, 0.3) is 5.91 Å². The second-order valence-corrected chi connectivity index (χ2v) is 8.02. The molecule has 1 saturated heterocycles. The third-order valence-electron chi connectivity index (χ3n) is 5.70. The Hall–Kier alpha value is -2.09. The number of carbonyl (C=O) groups excluding carboxylic acids is 2. The Morgan fingerprint density at radius 3 is 2.76 bits per heavy atom. The number of benzene rings is 1. The van der Waals surface area contributed by atoms with Crippen molar-refractivity contribution in [1.29, 1.82) is 0 Å². The van der Waals surface area contributed by atoms with Gasteiger partial charge in [-0.15, -0.1) is 0 Å².